The number of rotatable bonds is 7. The SMILES string of the molecule is CCCCc1c(CN2N=C(c3ccccc3)OCC2=O)cccc1C1CCCC1. The second-order valence-electron chi connectivity index (χ2n) is 8.08. The predicted octanol–water partition coefficient (Wildman–Crippen LogP) is 5.41. The smallest absolute Gasteiger partial charge is 0.281 e. The number of carbonyl (C=O) groups is 1. The first-order chi connectivity index (χ1) is 14.3. The summed E-state index contributed by atoms with van der Waals surface area (Å²) in [7, 11) is 0. The second-order valence-corrected chi connectivity index (χ2v) is 8.08. The van der Waals surface area contributed by atoms with Crippen molar-refractivity contribution in [1.82, 2.24) is 5.01 Å². The van der Waals surface area contributed by atoms with Gasteiger partial charge in [0.1, 0.15) is 0 Å². The molecule has 152 valence electrons. The minimum Gasteiger partial charge on any atom is -0.466 e. The molecule has 2 aromatic rings. The largest absolute Gasteiger partial charge is 0.466 e. The lowest BCUT2D eigenvalue weighted by Gasteiger charge is -2.26. The van der Waals surface area contributed by atoms with Gasteiger partial charge in [-0.1, -0.05) is 62.6 Å². The number of amides is 1. The summed E-state index contributed by atoms with van der Waals surface area (Å²) in [5.41, 5.74) is 5.07. The van der Waals surface area contributed by atoms with Crippen LogP contribution in [0.4, 0.5) is 0 Å². The number of nitrogens with zero attached hydrogens (tertiary/aromatic N) is 2. The molecule has 0 bridgehead atoms. The van der Waals surface area contributed by atoms with Crippen molar-refractivity contribution >= 4 is 11.8 Å². The van der Waals surface area contributed by atoms with E-state index in [-0.39, 0.29) is 12.5 Å². The van der Waals surface area contributed by atoms with E-state index in [9.17, 15) is 4.79 Å². The van der Waals surface area contributed by atoms with Crippen molar-refractivity contribution in [3.05, 3.63) is 70.8 Å². The van der Waals surface area contributed by atoms with Crippen molar-refractivity contribution in [3.8, 4) is 0 Å². The molecular formula is C25H30N2O2. The van der Waals surface area contributed by atoms with Crippen molar-refractivity contribution in [2.45, 2.75) is 64.3 Å². The molecule has 2 aromatic carbocycles. The molecule has 4 nitrogen and oxygen atoms in total. The van der Waals surface area contributed by atoms with Crippen LogP contribution in [0.15, 0.2) is 53.6 Å². The van der Waals surface area contributed by atoms with Gasteiger partial charge in [0.05, 0.1) is 6.54 Å². The summed E-state index contributed by atoms with van der Waals surface area (Å²) in [5, 5.41) is 6.15. The molecular weight excluding hydrogens is 360 g/mol. The molecule has 1 saturated carbocycles. The predicted molar refractivity (Wildman–Crippen MR) is 116 cm³/mol. The minimum atomic E-state index is -0.0857. The van der Waals surface area contributed by atoms with E-state index < -0.39 is 0 Å². The molecule has 1 aliphatic heterocycles. The van der Waals surface area contributed by atoms with Gasteiger partial charge in [-0.25, -0.2) is 5.01 Å². The number of benzene rings is 2. The van der Waals surface area contributed by atoms with Crippen LogP contribution in [0.25, 0.3) is 0 Å². The van der Waals surface area contributed by atoms with E-state index in [1.165, 1.54) is 55.2 Å². The third kappa shape index (κ3) is 4.52. The fraction of sp³-hybridized carbons (Fsp3) is 0.440. The Labute approximate surface area is 173 Å². The average Bonchev–Trinajstić information content (AvgIpc) is 3.29. The summed E-state index contributed by atoms with van der Waals surface area (Å²) >= 11 is 0. The molecule has 0 radical (unpaired) electrons. The summed E-state index contributed by atoms with van der Waals surface area (Å²) in [5.74, 6) is 1.11. The molecule has 1 fully saturated rings. The highest BCUT2D eigenvalue weighted by molar-refractivity contribution is 5.97. The van der Waals surface area contributed by atoms with Crippen LogP contribution in [-0.2, 0) is 22.5 Å². The van der Waals surface area contributed by atoms with Gasteiger partial charge >= 0.3 is 0 Å². The quantitative estimate of drug-likeness (QED) is 0.634. The van der Waals surface area contributed by atoms with Gasteiger partial charge in [-0.2, -0.15) is 0 Å². The molecule has 0 aromatic heterocycles. The molecule has 1 aliphatic carbocycles. The van der Waals surface area contributed by atoms with Crippen LogP contribution >= 0.6 is 0 Å². The zero-order chi connectivity index (χ0) is 20.1. The van der Waals surface area contributed by atoms with E-state index in [0.29, 0.717) is 18.4 Å². The van der Waals surface area contributed by atoms with Gasteiger partial charge in [0.25, 0.3) is 5.91 Å². The standard InChI is InChI=1S/C25H30N2O2/c1-2-3-15-23-21(14-9-16-22(23)19-10-7-8-11-19)17-27-24(28)18-29-25(26-27)20-12-5-4-6-13-20/h4-6,9,12-14,16,19H,2-3,7-8,10-11,15,17-18H2,1H3. The van der Waals surface area contributed by atoms with Gasteiger partial charge in [0.2, 0.25) is 5.90 Å². The normalized spacial score (nSPS) is 17.3. The van der Waals surface area contributed by atoms with Crippen LogP contribution in [0.1, 0.15) is 73.6 Å². The number of carbonyl (C=O) groups excluding carboxylic acids is 1. The Morgan fingerprint density at radius 2 is 1.86 bits per heavy atom. The fourth-order valence-electron chi connectivity index (χ4n) is 4.49. The Balaban J connectivity index is 1.63. The Morgan fingerprint density at radius 3 is 2.62 bits per heavy atom. The van der Waals surface area contributed by atoms with Crippen molar-refractivity contribution < 1.29 is 9.53 Å². The van der Waals surface area contributed by atoms with Crippen LogP contribution in [0.2, 0.25) is 0 Å². The first kappa shape index (κ1) is 19.7. The molecule has 1 amide bonds. The maximum Gasteiger partial charge on any atom is 0.281 e. The zero-order valence-corrected chi connectivity index (χ0v) is 17.3. The summed E-state index contributed by atoms with van der Waals surface area (Å²) in [6.45, 7) is 2.79. The van der Waals surface area contributed by atoms with Crippen molar-refractivity contribution in [2.75, 3.05) is 6.61 Å². The maximum atomic E-state index is 12.5. The molecule has 2 aliphatic rings. The van der Waals surface area contributed by atoms with Crippen molar-refractivity contribution in [3.63, 3.8) is 0 Å². The Morgan fingerprint density at radius 1 is 1.07 bits per heavy atom. The minimum absolute atomic E-state index is 0.0420. The molecule has 1 heterocycles. The van der Waals surface area contributed by atoms with Gasteiger partial charge in [0.15, 0.2) is 6.61 Å². The van der Waals surface area contributed by atoms with E-state index in [2.05, 4.69) is 30.2 Å². The van der Waals surface area contributed by atoms with Crippen molar-refractivity contribution in [1.29, 1.82) is 0 Å². The van der Waals surface area contributed by atoms with Gasteiger partial charge in [-0.05, 0) is 60.4 Å². The molecule has 0 unspecified atom stereocenters. The highest BCUT2D eigenvalue weighted by Gasteiger charge is 2.25. The Hall–Kier alpha value is -2.62. The highest BCUT2D eigenvalue weighted by Crippen LogP contribution is 2.37. The number of hydrazone groups is 1. The van der Waals surface area contributed by atoms with E-state index in [0.717, 1.165) is 12.0 Å². The third-order valence-corrected chi connectivity index (χ3v) is 6.06. The first-order valence-corrected chi connectivity index (χ1v) is 10.9. The molecule has 4 heteroatoms. The van der Waals surface area contributed by atoms with Crippen LogP contribution in [0.5, 0.6) is 0 Å². The molecule has 0 saturated heterocycles. The summed E-state index contributed by atoms with van der Waals surface area (Å²) in [4.78, 5) is 12.5. The van der Waals surface area contributed by atoms with Crippen LogP contribution < -0.4 is 0 Å². The monoisotopic (exact) mass is 390 g/mol. The number of hydrogen-bond donors (Lipinski definition) is 0. The maximum absolute atomic E-state index is 12.5. The van der Waals surface area contributed by atoms with E-state index in [4.69, 9.17) is 4.74 Å². The van der Waals surface area contributed by atoms with E-state index in [1.54, 1.807) is 5.01 Å². The number of hydrogen-bond acceptors (Lipinski definition) is 3. The lowest BCUT2D eigenvalue weighted by Crippen LogP contribution is -2.36. The summed E-state index contributed by atoms with van der Waals surface area (Å²) in [6.07, 6.45) is 8.65. The Kier molecular flexibility index (Phi) is 6.28. The van der Waals surface area contributed by atoms with Gasteiger partial charge in [0, 0.05) is 5.56 Å². The second kappa shape index (κ2) is 9.25. The van der Waals surface area contributed by atoms with Crippen LogP contribution in [0.3, 0.4) is 0 Å². The van der Waals surface area contributed by atoms with Crippen LogP contribution in [-0.4, -0.2) is 23.4 Å². The van der Waals surface area contributed by atoms with Crippen LogP contribution in [0, 0.1) is 0 Å². The van der Waals surface area contributed by atoms with Gasteiger partial charge < -0.3 is 4.74 Å². The molecule has 0 spiro atoms. The van der Waals surface area contributed by atoms with Gasteiger partial charge in [-0.15, -0.1) is 5.10 Å². The molecule has 0 atom stereocenters. The average molecular weight is 391 g/mol. The Bertz CT molecular complexity index is 870. The lowest BCUT2D eigenvalue weighted by atomic mass is 9.87. The van der Waals surface area contributed by atoms with Crippen molar-refractivity contribution in [2.24, 2.45) is 5.10 Å². The number of ether oxygens (including phenoxy) is 1. The third-order valence-electron chi connectivity index (χ3n) is 6.06. The lowest BCUT2D eigenvalue weighted by molar-refractivity contribution is -0.136. The van der Waals surface area contributed by atoms with Gasteiger partial charge in [-0.3, -0.25) is 4.79 Å². The first-order valence-electron chi connectivity index (χ1n) is 10.9. The molecule has 0 N–H and O–H groups in total. The summed E-state index contributed by atoms with van der Waals surface area (Å²) in [6, 6.07) is 16.4. The molecule has 29 heavy (non-hydrogen) atoms. The summed E-state index contributed by atoms with van der Waals surface area (Å²) < 4.78 is 5.60. The van der Waals surface area contributed by atoms with E-state index in [1.807, 2.05) is 30.3 Å². The number of unbranched alkanes of at least 4 members (excludes halogenated alkanes) is 1. The van der Waals surface area contributed by atoms with E-state index >= 15 is 0 Å². The topological polar surface area (TPSA) is 41.9 Å². The highest BCUT2D eigenvalue weighted by atomic mass is 16.5. The fourth-order valence-corrected chi connectivity index (χ4v) is 4.49. The zero-order valence-electron chi connectivity index (χ0n) is 17.3. The molecule has 4 rings (SSSR count).